The summed E-state index contributed by atoms with van der Waals surface area (Å²) in [7, 11) is 0. The molecule has 2 aromatic rings. The summed E-state index contributed by atoms with van der Waals surface area (Å²) in [5.74, 6) is -1.85. The Morgan fingerprint density at radius 2 is 1.52 bits per heavy atom. The SMILES string of the molecule is O=C(CCc1ccccc1Br)ON1C(=O)c2ccccc2C1=O. The molecule has 2 aromatic carbocycles. The summed E-state index contributed by atoms with van der Waals surface area (Å²) < 4.78 is 0.897. The van der Waals surface area contributed by atoms with E-state index in [1.807, 2.05) is 24.3 Å². The minimum absolute atomic E-state index is 0.0655. The summed E-state index contributed by atoms with van der Waals surface area (Å²) in [6.45, 7) is 0. The number of fused-ring (bicyclic) bond motifs is 1. The second-order valence-corrected chi connectivity index (χ2v) is 5.86. The third kappa shape index (κ3) is 3.03. The van der Waals surface area contributed by atoms with Gasteiger partial charge in [0, 0.05) is 4.47 Å². The number of hydroxylamine groups is 2. The number of carbonyl (C=O) groups is 3. The van der Waals surface area contributed by atoms with E-state index in [-0.39, 0.29) is 17.5 Å². The summed E-state index contributed by atoms with van der Waals surface area (Å²) in [6.07, 6.45) is 0.513. The van der Waals surface area contributed by atoms with Crippen molar-refractivity contribution in [3.05, 3.63) is 69.7 Å². The maximum absolute atomic E-state index is 12.1. The Balaban J connectivity index is 1.64. The minimum atomic E-state index is -0.629. The number of nitrogens with zero attached hydrogens (tertiary/aromatic N) is 1. The van der Waals surface area contributed by atoms with Gasteiger partial charge in [0.05, 0.1) is 17.5 Å². The molecular formula is C17H12BrNO4. The van der Waals surface area contributed by atoms with Crippen LogP contribution < -0.4 is 0 Å². The number of imide groups is 1. The van der Waals surface area contributed by atoms with Gasteiger partial charge in [0.15, 0.2) is 0 Å². The Morgan fingerprint density at radius 3 is 2.13 bits per heavy atom. The van der Waals surface area contributed by atoms with E-state index in [4.69, 9.17) is 4.84 Å². The molecule has 3 rings (SSSR count). The van der Waals surface area contributed by atoms with Gasteiger partial charge in [-0.3, -0.25) is 9.59 Å². The average Bonchev–Trinajstić information content (AvgIpc) is 2.80. The molecule has 1 aliphatic rings. The van der Waals surface area contributed by atoms with Gasteiger partial charge in [-0.05, 0) is 30.2 Å². The molecule has 1 aliphatic heterocycles. The van der Waals surface area contributed by atoms with Gasteiger partial charge in [0.25, 0.3) is 11.8 Å². The zero-order chi connectivity index (χ0) is 16.4. The average molecular weight is 374 g/mol. The first-order valence-corrected chi connectivity index (χ1v) is 7.79. The number of aryl methyl sites for hydroxylation is 1. The molecule has 1 heterocycles. The van der Waals surface area contributed by atoms with Crippen LogP contribution in [0, 0.1) is 0 Å². The van der Waals surface area contributed by atoms with E-state index >= 15 is 0 Å². The molecule has 0 bridgehead atoms. The number of hydrogen-bond acceptors (Lipinski definition) is 4. The standard InChI is InChI=1S/C17H12BrNO4/c18-14-8-4-1-5-11(14)9-10-15(20)23-19-16(21)12-6-2-3-7-13(12)17(19)22/h1-8H,9-10H2. The van der Waals surface area contributed by atoms with Crippen LogP contribution in [0.5, 0.6) is 0 Å². The smallest absolute Gasteiger partial charge is 0.330 e. The Morgan fingerprint density at radius 1 is 0.957 bits per heavy atom. The highest BCUT2D eigenvalue weighted by atomic mass is 79.9. The van der Waals surface area contributed by atoms with Crippen LogP contribution in [-0.4, -0.2) is 22.8 Å². The van der Waals surface area contributed by atoms with Gasteiger partial charge in [-0.1, -0.05) is 51.3 Å². The summed E-state index contributed by atoms with van der Waals surface area (Å²) >= 11 is 3.40. The lowest BCUT2D eigenvalue weighted by Crippen LogP contribution is -2.32. The van der Waals surface area contributed by atoms with E-state index in [2.05, 4.69) is 15.9 Å². The van der Waals surface area contributed by atoms with Crippen LogP contribution in [0.3, 0.4) is 0 Å². The fraction of sp³-hybridized carbons (Fsp3) is 0.118. The minimum Gasteiger partial charge on any atom is -0.330 e. The van der Waals surface area contributed by atoms with Crippen molar-refractivity contribution in [1.29, 1.82) is 0 Å². The van der Waals surface area contributed by atoms with Crippen LogP contribution >= 0.6 is 15.9 Å². The molecule has 0 saturated carbocycles. The molecule has 0 unspecified atom stereocenters. The normalized spacial score (nSPS) is 13.2. The van der Waals surface area contributed by atoms with Gasteiger partial charge in [-0.15, -0.1) is 0 Å². The maximum atomic E-state index is 12.1. The van der Waals surface area contributed by atoms with Crippen molar-refractivity contribution < 1.29 is 19.2 Å². The molecule has 0 atom stereocenters. The van der Waals surface area contributed by atoms with E-state index in [0.29, 0.717) is 11.5 Å². The van der Waals surface area contributed by atoms with Gasteiger partial charge in [0.1, 0.15) is 0 Å². The fourth-order valence-electron chi connectivity index (χ4n) is 2.34. The molecule has 0 aromatic heterocycles. The largest absolute Gasteiger partial charge is 0.333 e. The van der Waals surface area contributed by atoms with Crippen molar-refractivity contribution in [2.45, 2.75) is 12.8 Å². The van der Waals surface area contributed by atoms with Gasteiger partial charge >= 0.3 is 5.97 Å². The highest BCUT2D eigenvalue weighted by Crippen LogP contribution is 2.23. The predicted molar refractivity (Wildman–Crippen MR) is 85.5 cm³/mol. The summed E-state index contributed by atoms with van der Waals surface area (Å²) in [6, 6.07) is 13.9. The van der Waals surface area contributed by atoms with E-state index in [1.54, 1.807) is 12.1 Å². The number of halogens is 1. The second-order valence-electron chi connectivity index (χ2n) is 5.00. The molecule has 0 spiro atoms. The molecule has 0 aliphatic carbocycles. The van der Waals surface area contributed by atoms with Crippen molar-refractivity contribution in [3.63, 3.8) is 0 Å². The van der Waals surface area contributed by atoms with Crippen LogP contribution in [0.4, 0.5) is 0 Å². The highest BCUT2D eigenvalue weighted by molar-refractivity contribution is 9.10. The Hall–Kier alpha value is -2.47. The van der Waals surface area contributed by atoms with Crippen molar-refractivity contribution in [2.75, 3.05) is 0 Å². The Labute approximate surface area is 140 Å². The van der Waals surface area contributed by atoms with Crippen molar-refractivity contribution >= 4 is 33.7 Å². The number of amides is 2. The first-order chi connectivity index (χ1) is 11.1. The molecule has 0 N–H and O–H groups in total. The van der Waals surface area contributed by atoms with Gasteiger partial charge in [0.2, 0.25) is 0 Å². The van der Waals surface area contributed by atoms with Gasteiger partial charge in [-0.2, -0.15) is 0 Å². The third-order valence-electron chi connectivity index (χ3n) is 3.51. The molecule has 23 heavy (non-hydrogen) atoms. The lowest BCUT2D eigenvalue weighted by Gasteiger charge is -2.12. The first-order valence-electron chi connectivity index (χ1n) is 7.00. The van der Waals surface area contributed by atoms with E-state index in [1.165, 1.54) is 12.1 Å². The Kier molecular flexibility index (Phi) is 4.25. The maximum Gasteiger partial charge on any atom is 0.333 e. The summed E-state index contributed by atoms with van der Waals surface area (Å²) in [4.78, 5) is 41.1. The summed E-state index contributed by atoms with van der Waals surface area (Å²) in [5.41, 5.74) is 1.44. The lowest BCUT2D eigenvalue weighted by molar-refractivity contribution is -0.168. The number of carbonyl (C=O) groups excluding carboxylic acids is 3. The first kappa shape index (κ1) is 15.4. The number of benzene rings is 2. The molecule has 6 heteroatoms. The van der Waals surface area contributed by atoms with E-state index in [9.17, 15) is 14.4 Å². The number of hydrogen-bond donors (Lipinski definition) is 0. The third-order valence-corrected chi connectivity index (χ3v) is 4.28. The molecule has 2 amide bonds. The predicted octanol–water partition coefficient (Wildman–Crippen LogP) is 3.14. The van der Waals surface area contributed by atoms with Crippen molar-refractivity contribution in [1.82, 2.24) is 5.06 Å². The molecular weight excluding hydrogens is 362 g/mol. The van der Waals surface area contributed by atoms with Crippen LogP contribution in [0.25, 0.3) is 0 Å². The van der Waals surface area contributed by atoms with Crippen molar-refractivity contribution in [3.8, 4) is 0 Å². The molecule has 0 fully saturated rings. The van der Waals surface area contributed by atoms with E-state index in [0.717, 1.165) is 10.0 Å². The fourth-order valence-corrected chi connectivity index (χ4v) is 2.82. The monoisotopic (exact) mass is 373 g/mol. The summed E-state index contributed by atoms with van der Waals surface area (Å²) in [5, 5.41) is 0.535. The van der Waals surface area contributed by atoms with E-state index < -0.39 is 17.8 Å². The van der Waals surface area contributed by atoms with Crippen LogP contribution in [0.2, 0.25) is 0 Å². The van der Waals surface area contributed by atoms with Crippen LogP contribution in [0.15, 0.2) is 53.0 Å². The van der Waals surface area contributed by atoms with Gasteiger partial charge < -0.3 is 4.84 Å². The van der Waals surface area contributed by atoms with Crippen LogP contribution in [0.1, 0.15) is 32.7 Å². The Bertz CT molecular complexity index is 768. The molecule has 5 nitrogen and oxygen atoms in total. The van der Waals surface area contributed by atoms with Gasteiger partial charge in [-0.25, -0.2) is 4.79 Å². The number of rotatable bonds is 4. The molecule has 116 valence electrons. The molecule has 0 saturated heterocycles. The lowest BCUT2D eigenvalue weighted by atomic mass is 10.1. The topological polar surface area (TPSA) is 63.7 Å². The van der Waals surface area contributed by atoms with Crippen LogP contribution in [-0.2, 0) is 16.1 Å². The zero-order valence-corrected chi connectivity index (χ0v) is 13.6. The second kappa shape index (κ2) is 6.34. The zero-order valence-electron chi connectivity index (χ0n) is 12.0. The molecule has 0 radical (unpaired) electrons. The highest BCUT2D eigenvalue weighted by Gasteiger charge is 2.38. The quantitative estimate of drug-likeness (QED) is 0.772. The van der Waals surface area contributed by atoms with Crippen molar-refractivity contribution in [2.24, 2.45) is 0 Å².